The zero-order chi connectivity index (χ0) is 10.7. The number of hydrogen-bond donors (Lipinski definition) is 1. The Labute approximate surface area is 87.4 Å². The molecule has 15 heavy (non-hydrogen) atoms. The molecule has 2 rings (SSSR count). The van der Waals surface area contributed by atoms with Crippen LogP contribution in [-0.2, 0) is 4.84 Å². The largest absolute Gasteiger partial charge is 0.392 e. The first kappa shape index (κ1) is 9.69. The fraction of sp³-hybridized carbons (Fsp3) is 0.273. The second-order valence-corrected chi connectivity index (χ2v) is 3.34. The van der Waals surface area contributed by atoms with Crippen LogP contribution in [0.4, 0.5) is 0 Å². The molecule has 0 saturated carbocycles. The number of oxime groups is 1. The highest BCUT2D eigenvalue weighted by atomic mass is 16.6. The van der Waals surface area contributed by atoms with Crippen molar-refractivity contribution in [3.8, 4) is 6.07 Å². The van der Waals surface area contributed by atoms with Gasteiger partial charge in [0.25, 0.3) is 0 Å². The van der Waals surface area contributed by atoms with Crippen molar-refractivity contribution in [1.82, 2.24) is 0 Å². The Morgan fingerprint density at radius 1 is 1.47 bits per heavy atom. The van der Waals surface area contributed by atoms with Gasteiger partial charge in [-0.1, -0.05) is 17.3 Å². The van der Waals surface area contributed by atoms with E-state index in [9.17, 15) is 0 Å². The van der Waals surface area contributed by atoms with E-state index in [1.165, 1.54) is 0 Å². The number of benzene rings is 1. The minimum Gasteiger partial charge on any atom is -0.392 e. The first-order valence-electron chi connectivity index (χ1n) is 4.67. The number of nitrogens with zero attached hydrogens (tertiary/aromatic N) is 2. The number of nitriles is 1. The van der Waals surface area contributed by atoms with E-state index in [1.807, 2.05) is 12.1 Å². The minimum atomic E-state index is -0.226. The second-order valence-electron chi connectivity index (χ2n) is 3.34. The van der Waals surface area contributed by atoms with Crippen molar-refractivity contribution >= 4 is 5.71 Å². The van der Waals surface area contributed by atoms with Crippen molar-refractivity contribution in [3.05, 3.63) is 35.4 Å². The van der Waals surface area contributed by atoms with Crippen LogP contribution in [-0.4, -0.2) is 23.5 Å². The Balaban J connectivity index is 2.15. The molecule has 1 heterocycles. The topological polar surface area (TPSA) is 65.6 Å². The van der Waals surface area contributed by atoms with Gasteiger partial charge in [-0.2, -0.15) is 5.26 Å². The van der Waals surface area contributed by atoms with Gasteiger partial charge in [0.1, 0.15) is 0 Å². The Morgan fingerprint density at radius 3 is 2.73 bits per heavy atom. The monoisotopic (exact) mass is 202 g/mol. The van der Waals surface area contributed by atoms with E-state index in [2.05, 4.69) is 11.2 Å². The summed E-state index contributed by atoms with van der Waals surface area (Å²) in [4.78, 5) is 5.00. The van der Waals surface area contributed by atoms with Crippen molar-refractivity contribution < 1.29 is 9.94 Å². The van der Waals surface area contributed by atoms with Crippen molar-refractivity contribution in [2.75, 3.05) is 6.61 Å². The molecule has 0 radical (unpaired) electrons. The average molecular weight is 202 g/mol. The summed E-state index contributed by atoms with van der Waals surface area (Å²) >= 11 is 0. The molecule has 4 nitrogen and oxygen atoms in total. The molecule has 76 valence electrons. The molecule has 0 fully saturated rings. The van der Waals surface area contributed by atoms with Gasteiger partial charge >= 0.3 is 0 Å². The molecule has 0 saturated heterocycles. The maximum absolute atomic E-state index is 8.87. The van der Waals surface area contributed by atoms with E-state index in [1.54, 1.807) is 12.1 Å². The highest BCUT2D eigenvalue weighted by Gasteiger charge is 2.20. The summed E-state index contributed by atoms with van der Waals surface area (Å²) in [6.07, 6.45) is 0.387. The smallest absolute Gasteiger partial charge is 0.156 e. The van der Waals surface area contributed by atoms with Gasteiger partial charge in [-0.05, 0) is 17.7 Å². The predicted octanol–water partition coefficient (Wildman–Crippen LogP) is 1.04. The molecule has 1 aliphatic rings. The van der Waals surface area contributed by atoms with Gasteiger partial charge in [0.15, 0.2) is 6.10 Å². The standard InChI is InChI=1S/C11H10N2O2/c12-6-8-1-3-9(4-2-8)11-5-10(7-14)15-13-11/h1-4,10,14H,5,7H2. The van der Waals surface area contributed by atoms with E-state index < -0.39 is 0 Å². The van der Waals surface area contributed by atoms with Crippen LogP contribution in [0, 0.1) is 11.3 Å². The van der Waals surface area contributed by atoms with Gasteiger partial charge in [0.05, 0.1) is 24.0 Å². The van der Waals surface area contributed by atoms with E-state index in [0.29, 0.717) is 12.0 Å². The fourth-order valence-corrected chi connectivity index (χ4v) is 1.43. The van der Waals surface area contributed by atoms with Crippen LogP contribution >= 0.6 is 0 Å². The Morgan fingerprint density at radius 2 is 2.20 bits per heavy atom. The summed E-state index contributed by atoms with van der Waals surface area (Å²) in [6, 6.07) is 9.20. The molecule has 4 heteroatoms. The summed E-state index contributed by atoms with van der Waals surface area (Å²) < 4.78 is 0. The van der Waals surface area contributed by atoms with Crippen LogP contribution in [0.3, 0.4) is 0 Å². The normalized spacial score (nSPS) is 19.2. The van der Waals surface area contributed by atoms with Crippen LogP contribution in [0.1, 0.15) is 17.5 Å². The van der Waals surface area contributed by atoms with Crippen molar-refractivity contribution in [2.45, 2.75) is 12.5 Å². The zero-order valence-corrected chi connectivity index (χ0v) is 8.05. The molecule has 1 unspecified atom stereocenters. The van der Waals surface area contributed by atoms with E-state index in [-0.39, 0.29) is 12.7 Å². The third-order valence-corrected chi connectivity index (χ3v) is 2.28. The SMILES string of the molecule is N#Cc1ccc(C2=NOC(CO)C2)cc1. The molecule has 1 N–H and O–H groups in total. The van der Waals surface area contributed by atoms with Crippen LogP contribution in [0.2, 0.25) is 0 Å². The lowest BCUT2D eigenvalue weighted by molar-refractivity contribution is 0.0390. The first-order chi connectivity index (χ1) is 7.33. The molecule has 0 aromatic heterocycles. The first-order valence-corrected chi connectivity index (χ1v) is 4.67. The third-order valence-electron chi connectivity index (χ3n) is 2.28. The van der Waals surface area contributed by atoms with E-state index in [4.69, 9.17) is 15.2 Å². The molecule has 0 amide bonds. The molecule has 0 aliphatic carbocycles. The highest BCUT2D eigenvalue weighted by Crippen LogP contribution is 2.16. The number of aliphatic hydroxyl groups is 1. The molecule has 1 aromatic carbocycles. The maximum Gasteiger partial charge on any atom is 0.156 e. The van der Waals surface area contributed by atoms with Crippen molar-refractivity contribution in [2.24, 2.45) is 5.16 Å². The Hall–Kier alpha value is -1.86. The second kappa shape index (κ2) is 4.11. The quantitative estimate of drug-likeness (QED) is 0.779. The molecule has 1 atom stereocenters. The molecular formula is C11H10N2O2. The molecule has 0 bridgehead atoms. The summed E-state index contributed by atoms with van der Waals surface area (Å²) in [6.45, 7) is -0.0245. The Bertz CT molecular complexity index is 417. The predicted molar refractivity (Wildman–Crippen MR) is 54.3 cm³/mol. The average Bonchev–Trinajstić information content (AvgIpc) is 2.78. The van der Waals surface area contributed by atoms with Crippen molar-refractivity contribution in [3.63, 3.8) is 0 Å². The summed E-state index contributed by atoms with van der Waals surface area (Å²) in [5, 5.41) is 21.4. The van der Waals surface area contributed by atoms with Gasteiger partial charge in [0, 0.05) is 6.42 Å². The van der Waals surface area contributed by atoms with E-state index in [0.717, 1.165) is 11.3 Å². The van der Waals surface area contributed by atoms with E-state index >= 15 is 0 Å². The minimum absolute atomic E-state index is 0.0245. The van der Waals surface area contributed by atoms with Gasteiger partial charge < -0.3 is 9.94 Å². The van der Waals surface area contributed by atoms with Crippen molar-refractivity contribution in [1.29, 1.82) is 5.26 Å². The lowest BCUT2D eigenvalue weighted by atomic mass is 10.0. The lowest BCUT2D eigenvalue weighted by Crippen LogP contribution is -2.12. The Kier molecular flexibility index (Phi) is 2.66. The van der Waals surface area contributed by atoms with Crippen LogP contribution in [0.5, 0.6) is 0 Å². The number of hydrogen-bond acceptors (Lipinski definition) is 4. The molecule has 1 aliphatic heterocycles. The third kappa shape index (κ3) is 1.97. The number of rotatable bonds is 2. The maximum atomic E-state index is 8.87. The molecule has 1 aromatic rings. The van der Waals surface area contributed by atoms with Crippen LogP contribution in [0.15, 0.2) is 29.4 Å². The number of aliphatic hydroxyl groups excluding tert-OH is 1. The molecule has 0 spiro atoms. The lowest BCUT2D eigenvalue weighted by Gasteiger charge is -2.01. The fourth-order valence-electron chi connectivity index (χ4n) is 1.43. The summed E-state index contributed by atoms with van der Waals surface area (Å²) in [5.41, 5.74) is 2.38. The highest BCUT2D eigenvalue weighted by molar-refractivity contribution is 6.01. The van der Waals surface area contributed by atoms with Crippen LogP contribution < -0.4 is 0 Å². The summed E-state index contributed by atoms with van der Waals surface area (Å²) in [7, 11) is 0. The molecular weight excluding hydrogens is 192 g/mol. The summed E-state index contributed by atoms with van der Waals surface area (Å²) in [5.74, 6) is 0. The van der Waals surface area contributed by atoms with Gasteiger partial charge in [0.2, 0.25) is 0 Å². The van der Waals surface area contributed by atoms with Crippen LogP contribution in [0.25, 0.3) is 0 Å². The van der Waals surface area contributed by atoms with Gasteiger partial charge in [-0.3, -0.25) is 0 Å². The van der Waals surface area contributed by atoms with Gasteiger partial charge in [-0.15, -0.1) is 0 Å². The van der Waals surface area contributed by atoms with Gasteiger partial charge in [-0.25, -0.2) is 0 Å². The zero-order valence-electron chi connectivity index (χ0n) is 8.05.